The standard InChI is InChI=1S/C45H59N7O13/c1-8-24(5)38(57)51-36(23(3)4)43(62)50-34(22-28-12-17-30(54)18-13-28)42(61)52-37-26(7)65-45(64)33(19-14-27-10-15-29(53)16-11-27)49-41(60)32(20-21-35(55)56)48-40(59)31(9-2)47-39(58)25(6)46-44(37)63/h8-13,15-18,23,25-26,32-34,36-37,53-54H,14,19-22H2,1-7H3,(H,46,63)(H,47,58)(H,48,59)(H,49,60)(H,50,62)(H,51,57)(H,52,61)(H,55,56)/b24-8+,31-9+/t25-,26+,32-,33-,34-,36-,37-/m0/s1. The fourth-order valence-corrected chi connectivity index (χ4v) is 6.38. The number of aliphatic carboxylic acids is 1. The molecule has 10 N–H and O–H groups in total. The summed E-state index contributed by atoms with van der Waals surface area (Å²) in [6.45, 7) is 10.5. The molecular formula is C45H59N7O13. The fraction of sp³-hybridized carbons (Fsp3) is 0.444. The zero-order valence-electron chi connectivity index (χ0n) is 37.4. The van der Waals surface area contributed by atoms with E-state index in [2.05, 4.69) is 37.2 Å². The van der Waals surface area contributed by atoms with E-state index in [1.807, 2.05) is 0 Å². The van der Waals surface area contributed by atoms with Crippen LogP contribution in [0.3, 0.4) is 0 Å². The van der Waals surface area contributed by atoms with Crippen LogP contribution in [0, 0.1) is 5.92 Å². The SMILES string of the molecule is C/C=C(\C)C(=O)N[C@H](C(=O)N[C@@H](Cc1ccc(O)cc1)C(=O)N[C@@H]1C(=O)N[C@@H](C)C(=O)N/C(=C/C)C(=O)N[C@@H](CCC(=O)O)C(=O)N[C@@H](CCc2ccc(O)cc2)C(=O)O[C@@H]1C)C(C)C. The predicted octanol–water partition coefficient (Wildman–Crippen LogP) is 0.654. The van der Waals surface area contributed by atoms with Crippen LogP contribution in [-0.4, -0.2) is 111 Å². The third kappa shape index (κ3) is 16.1. The molecule has 352 valence electrons. The van der Waals surface area contributed by atoms with Gasteiger partial charge in [0.15, 0.2) is 0 Å². The van der Waals surface area contributed by atoms with Crippen LogP contribution < -0.4 is 37.2 Å². The first-order chi connectivity index (χ1) is 30.6. The number of ether oxygens (including phenoxy) is 1. The van der Waals surface area contributed by atoms with Crippen molar-refractivity contribution in [2.45, 2.75) is 123 Å². The molecule has 1 fully saturated rings. The van der Waals surface area contributed by atoms with Crippen molar-refractivity contribution in [3.8, 4) is 11.5 Å². The summed E-state index contributed by atoms with van der Waals surface area (Å²) in [4.78, 5) is 121. The number of carboxylic acids is 1. The zero-order chi connectivity index (χ0) is 48.5. The summed E-state index contributed by atoms with van der Waals surface area (Å²) >= 11 is 0. The van der Waals surface area contributed by atoms with Gasteiger partial charge in [-0.3, -0.25) is 38.4 Å². The number of carboxylic acid groups (broad SMARTS) is 1. The van der Waals surface area contributed by atoms with Crippen molar-refractivity contribution in [3.05, 3.63) is 83.1 Å². The number of rotatable bonds is 15. The number of carbonyl (C=O) groups excluding carboxylic acids is 8. The van der Waals surface area contributed by atoms with E-state index in [1.54, 1.807) is 45.9 Å². The minimum atomic E-state index is -1.78. The maximum Gasteiger partial charge on any atom is 0.329 e. The molecule has 1 aliphatic rings. The van der Waals surface area contributed by atoms with E-state index < -0.39 is 114 Å². The quantitative estimate of drug-likeness (QED) is 0.0869. The van der Waals surface area contributed by atoms with E-state index in [0.717, 1.165) is 0 Å². The Balaban J connectivity index is 2.09. The van der Waals surface area contributed by atoms with Gasteiger partial charge in [0.2, 0.25) is 35.4 Å². The molecule has 0 spiro atoms. The zero-order valence-corrected chi connectivity index (χ0v) is 37.4. The molecule has 2 aromatic rings. The lowest BCUT2D eigenvalue weighted by Gasteiger charge is -2.30. The Bertz CT molecular complexity index is 2140. The highest BCUT2D eigenvalue weighted by molar-refractivity contribution is 6.02. The van der Waals surface area contributed by atoms with E-state index in [9.17, 15) is 58.5 Å². The number of hydrogen-bond acceptors (Lipinski definition) is 12. The predicted molar refractivity (Wildman–Crippen MR) is 234 cm³/mol. The number of aryl methyl sites for hydroxylation is 1. The number of nitrogens with one attached hydrogen (secondary N) is 7. The number of benzene rings is 2. The Hall–Kier alpha value is -7.25. The molecule has 1 heterocycles. The van der Waals surface area contributed by atoms with Gasteiger partial charge < -0.3 is 57.3 Å². The molecule has 0 aliphatic carbocycles. The molecule has 20 nitrogen and oxygen atoms in total. The summed E-state index contributed by atoms with van der Waals surface area (Å²) in [5, 5.41) is 46.7. The van der Waals surface area contributed by atoms with Crippen LogP contribution in [0.15, 0.2) is 72.0 Å². The number of cyclic esters (lactones) is 1. The first-order valence-corrected chi connectivity index (χ1v) is 21.0. The minimum absolute atomic E-state index is 0.0229. The van der Waals surface area contributed by atoms with Gasteiger partial charge >= 0.3 is 11.9 Å². The highest BCUT2D eigenvalue weighted by Crippen LogP contribution is 2.16. The summed E-state index contributed by atoms with van der Waals surface area (Å²) in [6.07, 6.45) is 0.0121. The molecule has 1 aliphatic heterocycles. The molecule has 0 radical (unpaired) electrons. The van der Waals surface area contributed by atoms with Crippen molar-refractivity contribution < 1.29 is 63.2 Å². The molecule has 7 atom stereocenters. The summed E-state index contributed by atoms with van der Waals surface area (Å²) < 4.78 is 5.77. The van der Waals surface area contributed by atoms with Gasteiger partial charge in [0.05, 0.1) is 0 Å². The van der Waals surface area contributed by atoms with E-state index in [1.165, 1.54) is 63.2 Å². The summed E-state index contributed by atoms with van der Waals surface area (Å²) in [6, 6.07) is 2.91. The number of carbonyl (C=O) groups is 9. The van der Waals surface area contributed by atoms with Crippen molar-refractivity contribution in [3.63, 3.8) is 0 Å². The third-order valence-corrected chi connectivity index (χ3v) is 10.5. The van der Waals surface area contributed by atoms with Gasteiger partial charge in [0.1, 0.15) is 59.6 Å². The molecule has 0 aromatic heterocycles. The second kappa shape index (κ2) is 24.6. The maximum absolute atomic E-state index is 14.4. The number of aromatic hydroxyl groups is 2. The molecule has 0 saturated carbocycles. The van der Waals surface area contributed by atoms with Gasteiger partial charge in [-0.05, 0) is 95.2 Å². The minimum Gasteiger partial charge on any atom is -0.508 e. The average Bonchev–Trinajstić information content (AvgIpc) is 3.25. The first-order valence-electron chi connectivity index (χ1n) is 21.0. The lowest BCUT2D eigenvalue weighted by atomic mass is 10.00. The number of amides is 7. The van der Waals surface area contributed by atoms with Crippen LogP contribution in [0.25, 0.3) is 0 Å². The highest BCUT2D eigenvalue weighted by atomic mass is 16.5. The van der Waals surface area contributed by atoms with Crippen LogP contribution in [0.5, 0.6) is 11.5 Å². The number of phenols is 2. The van der Waals surface area contributed by atoms with Gasteiger partial charge in [0, 0.05) is 18.4 Å². The van der Waals surface area contributed by atoms with E-state index in [-0.39, 0.29) is 36.5 Å². The molecule has 0 unspecified atom stereocenters. The van der Waals surface area contributed by atoms with Crippen LogP contribution in [-0.2, 0) is 60.7 Å². The van der Waals surface area contributed by atoms with Crippen molar-refractivity contribution in [1.29, 1.82) is 0 Å². The van der Waals surface area contributed by atoms with Crippen LogP contribution >= 0.6 is 0 Å². The van der Waals surface area contributed by atoms with E-state index in [4.69, 9.17) is 4.74 Å². The van der Waals surface area contributed by atoms with Gasteiger partial charge in [0.25, 0.3) is 5.91 Å². The van der Waals surface area contributed by atoms with Gasteiger partial charge in [-0.15, -0.1) is 0 Å². The van der Waals surface area contributed by atoms with Crippen molar-refractivity contribution in [2.24, 2.45) is 5.92 Å². The van der Waals surface area contributed by atoms with Crippen LogP contribution in [0.2, 0.25) is 0 Å². The van der Waals surface area contributed by atoms with Crippen molar-refractivity contribution >= 4 is 53.3 Å². The molecular weight excluding hydrogens is 847 g/mol. The number of hydrogen-bond donors (Lipinski definition) is 10. The van der Waals surface area contributed by atoms with Crippen LogP contribution in [0.4, 0.5) is 0 Å². The number of phenolic OH excluding ortho intramolecular Hbond substituents is 2. The van der Waals surface area contributed by atoms with E-state index in [0.29, 0.717) is 16.7 Å². The van der Waals surface area contributed by atoms with Crippen molar-refractivity contribution in [2.75, 3.05) is 0 Å². The van der Waals surface area contributed by atoms with Gasteiger partial charge in [-0.1, -0.05) is 50.3 Å². The second-order valence-corrected chi connectivity index (χ2v) is 15.9. The largest absolute Gasteiger partial charge is 0.508 e. The molecule has 2 aromatic carbocycles. The molecule has 7 amide bonds. The number of esters is 1. The summed E-state index contributed by atoms with van der Waals surface area (Å²) in [5.41, 5.74) is 1.07. The first kappa shape index (κ1) is 52.1. The Morgan fingerprint density at radius 2 is 1.37 bits per heavy atom. The lowest BCUT2D eigenvalue weighted by molar-refractivity contribution is -0.156. The Morgan fingerprint density at radius 3 is 1.92 bits per heavy atom. The lowest BCUT2D eigenvalue weighted by Crippen LogP contribution is -2.62. The fourth-order valence-electron chi connectivity index (χ4n) is 6.38. The number of allylic oxidation sites excluding steroid dienone is 2. The van der Waals surface area contributed by atoms with Crippen molar-refractivity contribution in [1.82, 2.24) is 37.2 Å². The normalized spacial score (nSPS) is 21.7. The average molecular weight is 906 g/mol. The molecule has 3 rings (SSSR count). The maximum atomic E-state index is 14.4. The third-order valence-electron chi connectivity index (χ3n) is 10.5. The van der Waals surface area contributed by atoms with Crippen LogP contribution in [0.1, 0.15) is 78.9 Å². The van der Waals surface area contributed by atoms with Gasteiger partial charge in [-0.25, -0.2) is 4.79 Å². The smallest absolute Gasteiger partial charge is 0.329 e. The Kier molecular flexibility index (Phi) is 19.7. The molecule has 65 heavy (non-hydrogen) atoms. The topological polar surface area (TPSA) is 308 Å². The second-order valence-electron chi connectivity index (χ2n) is 15.9. The monoisotopic (exact) mass is 905 g/mol. The summed E-state index contributed by atoms with van der Waals surface area (Å²) in [7, 11) is 0. The molecule has 20 heteroatoms. The molecule has 1 saturated heterocycles. The van der Waals surface area contributed by atoms with E-state index >= 15 is 0 Å². The molecule has 0 bridgehead atoms. The summed E-state index contributed by atoms with van der Waals surface area (Å²) in [5.74, 6) is -9.11. The Labute approximate surface area is 376 Å². The van der Waals surface area contributed by atoms with Gasteiger partial charge in [-0.2, -0.15) is 0 Å². The highest BCUT2D eigenvalue weighted by Gasteiger charge is 2.38. The Morgan fingerprint density at radius 1 is 0.769 bits per heavy atom.